The lowest BCUT2D eigenvalue weighted by atomic mass is 10.4. The first kappa shape index (κ1) is 15.0. The Morgan fingerprint density at radius 1 is 1.53 bits per heavy atom. The van der Waals surface area contributed by atoms with Crippen molar-refractivity contribution < 1.29 is 8.42 Å². The predicted molar refractivity (Wildman–Crippen MR) is 69.3 cm³/mol. The van der Waals surface area contributed by atoms with Gasteiger partial charge in [0, 0.05) is 29.8 Å². The molecule has 5 heteroatoms. The van der Waals surface area contributed by atoms with Gasteiger partial charge in [0.15, 0.2) is 9.84 Å². The van der Waals surface area contributed by atoms with E-state index >= 15 is 0 Å². The monoisotopic (exact) mass is 251 g/mol. The molecule has 0 spiro atoms. The maximum Gasteiger partial charge on any atom is 0.151 e. The van der Waals surface area contributed by atoms with E-state index in [1.165, 1.54) is 0 Å². The van der Waals surface area contributed by atoms with Gasteiger partial charge in [-0.05, 0) is 6.92 Å². The van der Waals surface area contributed by atoms with Crippen LogP contribution in [0.25, 0.3) is 0 Å². The fourth-order valence-electron chi connectivity index (χ4n) is 1.10. The highest BCUT2D eigenvalue weighted by Crippen LogP contribution is 1.99. The third-order valence-electron chi connectivity index (χ3n) is 1.92. The van der Waals surface area contributed by atoms with E-state index in [0.29, 0.717) is 0 Å². The van der Waals surface area contributed by atoms with Crippen LogP contribution in [0.3, 0.4) is 0 Å². The van der Waals surface area contributed by atoms with Crippen LogP contribution in [0.15, 0.2) is 12.7 Å². The summed E-state index contributed by atoms with van der Waals surface area (Å²) >= 11 is 1.79. The van der Waals surface area contributed by atoms with E-state index in [1.807, 2.05) is 13.0 Å². The molecule has 1 unspecified atom stereocenters. The molecular weight excluding hydrogens is 230 g/mol. The zero-order valence-electron chi connectivity index (χ0n) is 9.53. The summed E-state index contributed by atoms with van der Waals surface area (Å²) in [5.74, 6) is 2.39. The lowest BCUT2D eigenvalue weighted by Crippen LogP contribution is -2.35. The van der Waals surface area contributed by atoms with Crippen LogP contribution in [0.4, 0.5) is 0 Å². The lowest BCUT2D eigenvalue weighted by molar-refractivity contribution is 0.568. The van der Waals surface area contributed by atoms with Gasteiger partial charge in [-0.25, -0.2) is 8.42 Å². The summed E-state index contributed by atoms with van der Waals surface area (Å²) in [7, 11) is -2.85. The number of hydrogen-bond donors (Lipinski definition) is 1. The highest BCUT2D eigenvalue weighted by molar-refractivity contribution is 7.99. The third kappa shape index (κ3) is 8.96. The summed E-state index contributed by atoms with van der Waals surface area (Å²) in [5, 5.41) is 3.20. The molecule has 0 aromatic carbocycles. The van der Waals surface area contributed by atoms with Gasteiger partial charge in [0.25, 0.3) is 0 Å². The molecule has 0 bridgehead atoms. The molecule has 0 fully saturated rings. The molecule has 0 amide bonds. The minimum atomic E-state index is -2.85. The van der Waals surface area contributed by atoms with Gasteiger partial charge in [-0.15, -0.1) is 6.58 Å². The quantitative estimate of drug-likeness (QED) is 0.496. The van der Waals surface area contributed by atoms with Crippen LogP contribution in [0.2, 0.25) is 0 Å². The maximum atomic E-state index is 11.3. The standard InChI is InChI=1S/C10H21NO2S2/c1-4-7-14-8-6-11-10(3)9-15(12,13)5-2/h4,10-11H,1,5-9H2,2-3H3. The maximum absolute atomic E-state index is 11.3. The Balaban J connectivity index is 3.57. The van der Waals surface area contributed by atoms with Crippen LogP contribution in [0.1, 0.15) is 13.8 Å². The van der Waals surface area contributed by atoms with Crippen LogP contribution >= 0.6 is 11.8 Å². The van der Waals surface area contributed by atoms with Crippen LogP contribution in [-0.4, -0.2) is 44.0 Å². The van der Waals surface area contributed by atoms with E-state index in [9.17, 15) is 8.42 Å². The van der Waals surface area contributed by atoms with Gasteiger partial charge in [0.05, 0.1) is 5.75 Å². The second-order valence-electron chi connectivity index (χ2n) is 3.42. The molecule has 1 atom stereocenters. The molecular formula is C10H21NO2S2. The Morgan fingerprint density at radius 3 is 2.73 bits per heavy atom. The zero-order chi connectivity index (χ0) is 11.7. The van der Waals surface area contributed by atoms with E-state index in [2.05, 4.69) is 11.9 Å². The Bertz CT molecular complexity index is 263. The van der Waals surface area contributed by atoms with Gasteiger partial charge >= 0.3 is 0 Å². The number of nitrogens with one attached hydrogen (secondary N) is 1. The summed E-state index contributed by atoms with van der Waals surface area (Å²) < 4.78 is 22.6. The van der Waals surface area contributed by atoms with Crippen molar-refractivity contribution in [1.29, 1.82) is 0 Å². The molecule has 0 aliphatic carbocycles. The van der Waals surface area contributed by atoms with E-state index in [4.69, 9.17) is 0 Å². The van der Waals surface area contributed by atoms with Crippen molar-refractivity contribution in [3.05, 3.63) is 12.7 Å². The second-order valence-corrected chi connectivity index (χ2v) is 6.97. The van der Waals surface area contributed by atoms with Gasteiger partial charge in [-0.2, -0.15) is 11.8 Å². The molecule has 1 N–H and O–H groups in total. The molecule has 0 radical (unpaired) electrons. The van der Waals surface area contributed by atoms with Crippen molar-refractivity contribution in [1.82, 2.24) is 5.32 Å². The first-order chi connectivity index (χ1) is 7.02. The van der Waals surface area contributed by atoms with Gasteiger partial charge < -0.3 is 5.32 Å². The van der Waals surface area contributed by atoms with Crippen molar-refractivity contribution >= 4 is 21.6 Å². The molecule has 90 valence electrons. The van der Waals surface area contributed by atoms with Crippen LogP contribution in [0, 0.1) is 0 Å². The van der Waals surface area contributed by atoms with Crippen molar-refractivity contribution in [3.8, 4) is 0 Å². The molecule has 3 nitrogen and oxygen atoms in total. The summed E-state index contributed by atoms with van der Waals surface area (Å²) in [6.07, 6.45) is 1.87. The van der Waals surface area contributed by atoms with Crippen LogP contribution in [-0.2, 0) is 9.84 Å². The van der Waals surface area contributed by atoms with Crippen molar-refractivity contribution in [2.24, 2.45) is 0 Å². The molecule has 15 heavy (non-hydrogen) atoms. The summed E-state index contributed by atoms with van der Waals surface area (Å²) in [4.78, 5) is 0. The zero-order valence-corrected chi connectivity index (χ0v) is 11.2. The molecule has 0 saturated carbocycles. The van der Waals surface area contributed by atoms with Crippen molar-refractivity contribution in [2.45, 2.75) is 19.9 Å². The highest BCUT2D eigenvalue weighted by atomic mass is 32.2. The van der Waals surface area contributed by atoms with Crippen LogP contribution < -0.4 is 5.32 Å². The Morgan fingerprint density at radius 2 is 2.20 bits per heavy atom. The minimum Gasteiger partial charge on any atom is -0.312 e. The van der Waals surface area contributed by atoms with E-state index < -0.39 is 9.84 Å². The van der Waals surface area contributed by atoms with Gasteiger partial charge in [-0.3, -0.25) is 0 Å². The second kappa shape index (κ2) is 8.19. The Hall–Kier alpha value is -0.0000000000000000555. The first-order valence-electron chi connectivity index (χ1n) is 5.14. The molecule has 0 aliphatic rings. The van der Waals surface area contributed by atoms with E-state index in [-0.39, 0.29) is 17.5 Å². The smallest absolute Gasteiger partial charge is 0.151 e. The minimum absolute atomic E-state index is 0.0410. The number of thioether (sulfide) groups is 1. The van der Waals surface area contributed by atoms with E-state index in [0.717, 1.165) is 18.1 Å². The van der Waals surface area contributed by atoms with Gasteiger partial charge in [0.2, 0.25) is 0 Å². The molecule has 0 aliphatic heterocycles. The number of sulfone groups is 1. The fraction of sp³-hybridized carbons (Fsp3) is 0.800. The normalized spacial score (nSPS) is 13.7. The predicted octanol–water partition coefficient (Wildman–Crippen LogP) is 1.32. The molecule has 0 saturated heterocycles. The fourth-order valence-corrected chi connectivity index (χ4v) is 2.81. The number of hydrogen-bond acceptors (Lipinski definition) is 4. The van der Waals surface area contributed by atoms with Crippen LogP contribution in [0.5, 0.6) is 0 Å². The summed E-state index contributed by atoms with van der Waals surface area (Å²) in [6.45, 7) is 8.07. The van der Waals surface area contributed by atoms with Crippen molar-refractivity contribution in [3.63, 3.8) is 0 Å². The van der Waals surface area contributed by atoms with E-state index in [1.54, 1.807) is 18.7 Å². The average Bonchev–Trinajstić information content (AvgIpc) is 2.17. The first-order valence-corrected chi connectivity index (χ1v) is 8.12. The SMILES string of the molecule is C=CCSCCNC(C)CS(=O)(=O)CC. The largest absolute Gasteiger partial charge is 0.312 e. The number of rotatable bonds is 9. The molecule has 0 heterocycles. The van der Waals surface area contributed by atoms with Crippen molar-refractivity contribution in [2.75, 3.05) is 29.6 Å². The topological polar surface area (TPSA) is 46.2 Å². The Labute approximate surface area is 97.6 Å². The average molecular weight is 251 g/mol. The lowest BCUT2D eigenvalue weighted by Gasteiger charge is -2.12. The highest BCUT2D eigenvalue weighted by Gasteiger charge is 2.12. The Kier molecular flexibility index (Phi) is 8.19. The molecule has 0 aromatic rings. The van der Waals surface area contributed by atoms with Gasteiger partial charge in [0.1, 0.15) is 0 Å². The summed E-state index contributed by atoms with van der Waals surface area (Å²) in [5.41, 5.74) is 0. The van der Waals surface area contributed by atoms with Gasteiger partial charge in [-0.1, -0.05) is 13.0 Å². The molecule has 0 aromatic heterocycles. The summed E-state index contributed by atoms with van der Waals surface area (Å²) in [6, 6.07) is 0.0410. The third-order valence-corrected chi connectivity index (χ3v) is 4.77. The molecule has 0 rings (SSSR count).